The van der Waals surface area contributed by atoms with Crippen LogP contribution in [-0.2, 0) is 6.42 Å². The summed E-state index contributed by atoms with van der Waals surface area (Å²) in [5.41, 5.74) is 2.85. The van der Waals surface area contributed by atoms with Crippen LogP contribution in [-0.4, -0.2) is 64.8 Å². The maximum absolute atomic E-state index is 14.2. The molecule has 36 heavy (non-hydrogen) atoms. The van der Waals surface area contributed by atoms with E-state index < -0.39 is 11.9 Å². The van der Waals surface area contributed by atoms with Crippen LogP contribution in [0.25, 0.3) is 11.3 Å². The highest BCUT2D eigenvalue weighted by molar-refractivity contribution is 6.32. The number of carbonyl (C=O) groups excluding carboxylic acids is 1. The molecule has 2 aliphatic rings. The number of carboxylic acid groups (broad SMARTS) is 1. The Hall–Kier alpha value is -3.99. The van der Waals surface area contributed by atoms with Crippen molar-refractivity contribution < 1.29 is 28.6 Å². The van der Waals surface area contributed by atoms with Gasteiger partial charge in [-0.2, -0.15) is 0 Å². The fourth-order valence-electron chi connectivity index (χ4n) is 4.46. The molecule has 10 nitrogen and oxygen atoms in total. The molecule has 1 fully saturated rings. The Bertz CT molecular complexity index is 1350. The molecule has 1 saturated heterocycles. The van der Waals surface area contributed by atoms with Gasteiger partial charge in [-0.3, -0.25) is 9.78 Å². The summed E-state index contributed by atoms with van der Waals surface area (Å²) in [5.74, 6) is -0.234. The van der Waals surface area contributed by atoms with Crippen molar-refractivity contribution in [2.75, 3.05) is 32.1 Å². The molecular weight excluding hydrogens is 493 g/mol. The third kappa shape index (κ3) is 4.26. The number of fused-ring (bicyclic) bond motifs is 1. The molecule has 188 valence electrons. The third-order valence-corrected chi connectivity index (χ3v) is 6.59. The third-order valence-electron chi connectivity index (χ3n) is 6.31. The largest absolute Gasteiger partial charge is 0.493 e. The van der Waals surface area contributed by atoms with Crippen LogP contribution in [0.15, 0.2) is 30.6 Å². The lowest BCUT2D eigenvalue weighted by Crippen LogP contribution is -2.53. The van der Waals surface area contributed by atoms with E-state index in [1.165, 1.54) is 24.3 Å². The molecule has 2 aliphatic heterocycles. The minimum Gasteiger partial charge on any atom is -0.493 e. The number of hydrogen-bond acceptors (Lipinski definition) is 6. The first-order chi connectivity index (χ1) is 17.4. The summed E-state index contributed by atoms with van der Waals surface area (Å²) < 4.78 is 25.6. The molecule has 2 aromatic heterocycles. The van der Waals surface area contributed by atoms with Crippen LogP contribution in [0, 0.1) is 5.82 Å². The van der Waals surface area contributed by atoms with Gasteiger partial charge in [-0.15, -0.1) is 0 Å². The average molecular weight is 516 g/mol. The molecule has 5 rings (SSSR count). The molecule has 0 radical (unpaired) electrons. The van der Waals surface area contributed by atoms with Crippen LogP contribution < -0.4 is 20.1 Å². The number of aromatic amines is 1. The smallest absolute Gasteiger partial charge is 0.407 e. The first-order valence-electron chi connectivity index (χ1n) is 11.3. The lowest BCUT2D eigenvalue weighted by atomic mass is 10.0. The summed E-state index contributed by atoms with van der Waals surface area (Å²) in [5, 5.41) is 15.3. The number of carbonyl (C=O) groups is 2. The standard InChI is InChI=1S/C24H23ClFN5O5/c1-35-22-15(25)8-12(26)9-17(22)30-21-19-16(3-6-28-23(19)32)29-20(21)14-2-5-27-10-18(14)36-11-13-4-7-31(13)24(33)34/h2,5,8-10,13,29-30H,3-4,6-7,11H2,1H3,(H,28,32)(H,33,34). The second kappa shape index (κ2) is 9.57. The lowest BCUT2D eigenvalue weighted by Gasteiger charge is -2.38. The number of nitrogens with one attached hydrogen (secondary N) is 3. The molecule has 2 amide bonds. The Labute approximate surface area is 210 Å². The molecule has 4 heterocycles. The number of nitrogens with zero attached hydrogens (tertiary/aromatic N) is 2. The summed E-state index contributed by atoms with van der Waals surface area (Å²) in [7, 11) is 1.42. The molecule has 0 saturated carbocycles. The van der Waals surface area contributed by atoms with Gasteiger partial charge in [0.15, 0.2) is 5.75 Å². The maximum Gasteiger partial charge on any atom is 0.407 e. The Morgan fingerprint density at radius 3 is 2.97 bits per heavy atom. The molecule has 12 heteroatoms. The van der Waals surface area contributed by atoms with Crippen molar-refractivity contribution in [1.29, 1.82) is 0 Å². The summed E-state index contributed by atoms with van der Waals surface area (Å²) >= 11 is 6.19. The molecule has 1 atom stereocenters. The number of amides is 2. The van der Waals surface area contributed by atoms with Gasteiger partial charge in [0.25, 0.3) is 5.91 Å². The summed E-state index contributed by atoms with van der Waals surface area (Å²) in [4.78, 5) is 33.0. The van der Waals surface area contributed by atoms with Crippen LogP contribution >= 0.6 is 11.6 Å². The minimum atomic E-state index is -0.987. The normalized spacial score (nSPS) is 16.6. The van der Waals surface area contributed by atoms with Gasteiger partial charge in [0, 0.05) is 43.0 Å². The number of likely N-dealkylation sites (tertiary alicyclic amines) is 1. The monoisotopic (exact) mass is 515 g/mol. The molecule has 4 N–H and O–H groups in total. The number of methoxy groups -OCH3 is 1. The molecule has 1 unspecified atom stereocenters. The van der Waals surface area contributed by atoms with Gasteiger partial charge in [-0.25, -0.2) is 9.18 Å². The van der Waals surface area contributed by atoms with E-state index in [4.69, 9.17) is 21.1 Å². The van der Waals surface area contributed by atoms with Gasteiger partial charge >= 0.3 is 6.09 Å². The van der Waals surface area contributed by atoms with Gasteiger partial charge in [0.1, 0.15) is 18.2 Å². The quantitative estimate of drug-likeness (QED) is 0.374. The zero-order chi connectivity index (χ0) is 25.4. The summed E-state index contributed by atoms with van der Waals surface area (Å²) in [6.45, 7) is 1.09. The van der Waals surface area contributed by atoms with E-state index in [2.05, 4.69) is 20.6 Å². The number of H-pyrrole nitrogens is 1. The SMILES string of the molecule is COc1c(Cl)cc(F)cc1Nc1c(-c2ccncc2OCC2CCN2C(=O)O)[nH]c2c1C(=O)NCC2. The van der Waals surface area contributed by atoms with Gasteiger partial charge in [0.05, 0.1) is 47.0 Å². The number of halogens is 2. The zero-order valence-electron chi connectivity index (χ0n) is 19.2. The Balaban J connectivity index is 1.56. The fraction of sp³-hybridized carbons (Fsp3) is 0.292. The van der Waals surface area contributed by atoms with E-state index in [9.17, 15) is 19.1 Å². The number of hydrogen-bond donors (Lipinski definition) is 4. The number of anilines is 2. The first-order valence-corrected chi connectivity index (χ1v) is 11.6. The highest BCUT2D eigenvalue weighted by Gasteiger charge is 2.33. The first kappa shape index (κ1) is 23.7. The topological polar surface area (TPSA) is 129 Å². The Morgan fingerprint density at radius 2 is 2.25 bits per heavy atom. The number of benzene rings is 1. The fourth-order valence-corrected chi connectivity index (χ4v) is 4.74. The van der Waals surface area contributed by atoms with Gasteiger partial charge < -0.3 is 35.1 Å². The molecule has 0 bridgehead atoms. The van der Waals surface area contributed by atoms with Crippen LogP contribution in [0.3, 0.4) is 0 Å². The van der Waals surface area contributed by atoms with Crippen LogP contribution in [0.4, 0.5) is 20.6 Å². The highest BCUT2D eigenvalue weighted by atomic mass is 35.5. The van der Waals surface area contributed by atoms with Crippen LogP contribution in [0.5, 0.6) is 11.5 Å². The van der Waals surface area contributed by atoms with Crippen LogP contribution in [0.2, 0.25) is 5.02 Å². The van der Waals surface area contributed by atoms with E-state index >= 15 is 0 Å². The number of ether oxygens (including phenoxy) is 2. The van der Waals surface area contributed by atoms with Crippen molar-refractivity contribution in [2.45, 2.75) is 18.9 Å². The van der Waals surface area contributed by atoms with Crippen LogP contribution in [0.1, 0.15) is 22.5 Å². The van der Waals surface area contributed by atoms with E-state index in [1.54, 1.807) is 12.3 Å². The molecule has 1 aromatic carbocycles. The lowest BCUT2D eigenvalue weighted by molar-refractivity contribution is 0.0500. The van der Waals surface area contributed by atoms with Crippen molar-refractivity contribution in [3.05, 3.63) is 52.7 Å². The van der Waals surface area contributed by atoms with E-state index in [0.717, 1.165) is 6.07 Å². The second-order valence-corrected chi connectivity index (χ2v) is 8.84. The second-order valence-electron chi connectivity index (χ2n) is 8.43. The predicted molar refractivity (Wildman–Crippen MR) is 130 cm³/mol. The number of aromatic nitrogens is 2. The Morgan fingerprint density at radius 1 is 1.42 bits per heavy atom. The average Bonchev–Trinajstić information content (AvgIpc) is 3.17. The van der Waals surface area contributed by atoms with Gasteiger partial charge in [-0.05, 0) is 18.6 Å². The van der Waals surface area contributed by atoms with Crippen molar-refractivity contribution in [1.82, 2.24) is 20.2 Å². The van der Waals surface area contributed by atoms with Gasteiger partial charge in [0.2, 0.25) is 0 Å². The van der Waals surface area contributed by atoms with Crippen molar-refractivity contribution in [3.8, 4) is 22.8 Å². The van der Waals surface area contributed by atoms with Crippen molar-refractivity contribution >= 4 is 35.0 Å². The molecular formula is C24H23ClFN5O5. The zero-order valence-corrected chi connectivity index (χ0v) is 20.0. The minimum absolute atomic E-state index is 0.0758. The molecule has 0 spiro atoms. The molecule has 0 aliphatic carbocycles. The maximum atomic E-state index is 14.2. The predicted octanol–water partition coefficient (Wildman–Crippen LogP) is 4.04. The highest BCUT2D eigenvalue weighted by Crippen LogP contribution is 2.43. The number of pyridine rings is 1. The molecule has 3 aromatic rings. The summed E-state index contributed by atoms with van der Waals surface area (Å²) in [6, 6.07) is 3.84. The van der Waals surface area contributed by atoms with E-state index in [1.807, 2.05) is 0 Å². The Kier molecular flexibility index (Phi) is 6.31. The van der Waals surface area contributed by atoms with E-state index in [-0.39, 0.29) is 35.0 Å². The van der Waals surface area contributed by atoms with Crippen molar-refractivity contribution in [2.24, 2.45) is 0 Å². The van der Waals surface area contributed by atoms with Gasteiger partial charge in [-0.1, -0.05) is 11.6 Å². The van der Waals surface area contributed by atoms with Crippen molar-refractivity contribution in [3.63, 3.8) is 0 Å². The number of rotatable bonds is 7. The summed E-state index contributed by atoms with van der Waals surface area (Å²) in [6.07, 6.45) is 3.39. The van der Waals surface area contributed by atoms with E-state index in [0.29, 0.717) is 59.9 Å².